The smallest absolute Gasteiger partial charge is 0.434 e. The molecule has 0 unspecified atom stereocenters. The van der Waals surface area contributed by atoms with Gasteiger partial charge in [-0.3, -0.25) is 9.69 Å². The fourth-order valence-corrected chi connectivity index (χ4v) is 3.55. The van der Waals surface area contributed by atoms with Crippen LogP contribution in [0.15, 0.2) is 41.4 Å². The van der Waals surface area contributed by atoms with E-state index in [-0.39, 0.29) is 36.1 Å². The quantitative estimate of drug-likeness (QED) is 0.543. The minimum atomic E-state index is -1.46. The number of guanidine groups is 1. The van der Waals surface area contributed by atoms with Gasteiger partial charge in [0.25, 0.3) is 0 Å². The predicted molar refractivity (Wildman–Crippen MR) is 113 cm³/mol. The Hall–Kier alpha value is -3.33. The largest absolute Gasteiger partial charge is 0.463 e. The fourth-order valence-electron chi connectivity index (χ4n) is 3.38. The third-order valence-corrected chi connectivity index (χ3v) is 5.08. The number of carbonyl (C=O) groups is 2. The van der Waals surface area contributed by atoms with E-state index >= 15 is 4.39 Å². The Morgan fingerprint density at radius 3 is 2.80 bits per heavy atom. The lowest BCUT2D eigenvalue weighted by Gasteiger charge is -2.41. The van der Waals surface area contributed by atoms with E-state index < -0.39 is 17.4 Å². The summed E-state index contributed by atoms with van der Waals surface area (Å²) in [6.07, 6.45) is -1.54. The second-order valence-electron chi connectivity index (χ2n) is 7.01. The van der Waals surface area contributed by atoms with Crippen LogP contribution in [0.5, 0.6) is 0 Å². The molecule has 1 fully saturated rings. The minimum Gasteiger partial charge on any atom is -0.463 e. The molecule has 0 bridgehead atoms. The Morgan fingerprint density at radius 1 is 1.40 bits per heavy atom. The molecule has 1 heterocycles. The number of hydrogen-bond donors (Lipinski definition) is 4. The molecule has 3 rings (SSSR count). The highest BCUT2D eigenvalue weighted by Gasteiger charge is 2.41. The van der Waals surface area contributed by atoms with Crippen molar-refractivity contribution in [3.63, 3.8) is 0 Å². The predicted octanol–water partition coefficient (Wildman–Crippen LogP) is 3.90. The zero-order valence-corrected chi connectivity index (χ0v) is 17.1. The number of amides is 2. The summed E-state index contributed by atoms with van der Waals surface area (Å²) in [7, 11) is 0. The molecule has 10 heteroatoms. The van der Waals surface area contributed by atoms with Crippen LogP contribution in [0, 0.1) is 5.82 Å². The third kappa shape index (κ3) is 4.16. The van der Waals surface area contributed by atoms with Crippen LogP contribution >= 0.6 is 11.6 Å². The van der Waals surface area contributed by atoms with Crippen molar-refractivity contribution in [2.75, 3.05) is 17.6 Å². The number of nitrogens with one attached hydrogen (secondary N) is 2. The van der Waals surface area contributed by atoms with Gasteiger partial charge in [-0.25, -0.2) is 9.18 Å². The van der Waals surface area contributed by atoms with E-state index in [0.29, 0.717) is 16.4 Å². The van der Waals surface area contributed by atoms with Crippen LogP contribution in [-0.2, 0) is 10.3 Å². The molecule has 30 heavy (non-hydrogen) atoms. The number of aliphatic imine (C=N–C) groups is 1. The van der Waals surface area contributed by atoms with Gasteiger partial charge in [0, 0.05) is 17.1 Å². The van der Waals surface area contributed by atoms with Crippen LogP contribution in [0.4, 0.5) is 26.2 Å². The van der Waals surface area contributed by atoms with Gasteiger partial charge >= 0.3 is 6.09 Å². The summed E-state index contributed by atoms with van der Waals surface area (Å²) in [4.78, 5) is 28.4. The molecule has 158 valence electrons. The molecule has 1 atom stereocenters. The van der Waals surface area contributed by atoms with Crippen molar-refractivity contribution in [3.8, 4) is 0 Å². The number of carboxylic acid groups (broad SMARTS) is 1. The van der Waals surface area contributed by atoms with Gasteiger partial charge in [0.15, 0.2) is 5.82 Å². The molecule has 0 aliphatic carbocycles. The van der Waals surface area contributed by atoms with Crippen LogP contribution in [0.2, 0.25) is 5.02 Å². The summed E-state index contributed by atoms with van der Waals surface area (Å²) in [6.45, 7) is 3.54. The van der Waals surface area contributed by atoms with E-state index in [0.717, 1.165) is 0 Å². The van der Waals surface area contributed by atoms with Crippen molar-refractivity contribution in [1.82, 2.24) is 10.2 Å². The van der Waals surface area contributed by atoms with Gasteiger partial charge in [0.05, 0.1) is 29.0 Å². The van der Waals surface area contributed by atoms with Gasteiger partial charge in [0.1, 0.15) is 0 Å². The zero-order valence-electron chi connectivity index (χ0n) is 16.4. The van der Waals surface area contributed by atoms with E-state index in [1.165, 1.54) is 17.0 Å². The van der Waals surface area contributed by atoms with E-state index in [1.807, 2.05) is 0 Å². The Labute approximate surface area is 177 Å². The zero-order chi connectivity index (χ0) is 22.1. The molecule has 1 aliphatic heterocycles. The highest BCUT2D eigenvalue weighted by atomic mass is 35.5. The molecule has 1 aliphatic rings. The minimum absolute atomic E-state index is 0.0842. The summed E-state index contributed by atoms with van der Waals surface area (Å²) in [5.74, 6) is -1.12. The highest BCUT2D eigenvalue weighted by molar-refractivity contribution is 6.31. The van der Waals surface area contributed by atoms with Crippen molar-refractivity contribution in [2.45, 2.75) is 25.8 Å². The Bertz CT molecular complexity index is 1050. The summed E-state index contributed by atoms with van der Waals surface area (Å²) >= 11 is 6.00. The molecular formula is C20H21ClFN5O3. The third-order valence-electron chi connectivity index (χ3n) is 4.84. The van der Waals surface area contributed by atoms with Gasteiger partial charge in [-0.05, 0) is 38.1 Å². The van der Waals surface area contributed by atoms with Crippen molar-refractivity contribution in [3.05, 3.63) is 52.8 Å². The number of rotatable bonds is 4. The van der Waals surface area contributed by atoms with Crippen molar-refractivity contribution < 1.29 is 19.1 Å². The maximum Gasteiger partial charge on any atom is 0.434 e. The number of hydrogen-bond acceptors (Lipinski definition) is 4. The van der Waals surface area contributed by atoms with Crippen LogP contribution in [-0.4, -0.2) is 34.5 Å². The number of anilines is 3. The molecule has 0 saturated carbocycles. The topological polar surface area (TPSA) is 120 Å². The molecular weight excluding hydrogens is 413 g/mol. The maximum atomic E-state index is 15.5. The highest BCUT2D eigenvalue weighted by Crippen LogP contribution is 2.35. The first-order valence-electron chi connectivity index (χ1n) is 9.16. The molecule has 5 N–H and O–H groups in total. The second-order valence-corrected chi connectivity index (χ2v) is 7.45. The summed E-state index contributed by atoms with van der Waals surface area (Å²) in [6, 6.07) is 9.47. The lowest BCUT2D eigenvalue weighted by Crippen LogP contribution is -2.60. The fraction of sp³-hybridized carbons (Fsp3) is 0.250. The molecule has 0 aromatic heterocycles. The summed E-state index contributed by atoms with van der Waals surface area (Å²) in [5, 5.41) is 15.3. The molecule has 8 nitrogen and oxygen atoms in total. The van der Waals surface area contributed by atoms with E-state index in [9.17, 15) is 9.59 Å². The van der Waals surface area contributed by atoms with Gasteiger partial charge in [-0.15, -0.1) is 4.99 Å². The first-order valence-corrected chi connectivity index (χ1v) is 9.53. The summed E-state index contributed by atoms with van der Waals surface area (Å²) in [5.41, 5.74) is 5.84. The van der Waals surface area contributed by atoms with Crippen molar-refractivity contribution in [1.29, 1.82) is 0 Å². The van der Waals surface area contributed by atoms with Gasteiger partial charge in [-0.1, -0.05) is 23.7 Å². The lowest BCUT2D eigenvalue weighted by atomic mass is 9.85. The Morgan fingerprint density at radius 2 is 2.13 bits per heavy atom. The first kappa shape index (κ1) is 21.4. The number of halogens is 2. The number of nitrogen functional groups attached to an aromatic ring is 1. The Balaban J connectivity index is 2.01. The van der Waals surface area contributed by atoms with Crippen LogP contribution in [0.3, 0.4) is 0 Å². The van der Waals surface area contributed by atoms with E-state index in [1.54, 1.807) is 38.1 Å². The number of nitrogens with two attached hydrogens (primary N) is 1. The maximum absolute atomic E-state index is 15.5. The van der Waals surface area contributed by atoms with Gasteiger partial charge in [-0.2, -0.15) is 0 Å². The standard InChI is InChI=1S/C20H21ClFN5O3/c1-3-27-16(28)10-20(2,26-18(27)25-19(29)30)12-5-4-6-14(17(12)22)24-15-9-11(21)7-8-13(15)23/h4-9,24H,3,10,23H2,1-2H3,(H,25,26)(H,29,30)/t20-/m0/s1. The molecule has 0 spiro atoms. The number of benzene rings is 2. The van der Waals surface area contributed by atoms with Crippen molar-refractivity contribution in [2.24, 2.45) is 4.99 Å². The number of nitrogens with zero attached hydrogens (tertiary/aromatic N) is 2. The van der Waals surface area contributed by atoms with Gasteiger partial charge < -0.3 is 21.5 Å². The number of carbonyl (C=O) groups excluding carboxylic acids is 1. The lowest BCUT2D eigenvalue weighted by molar-refractivity contribution is -0.130. The summed E-state index contributed by atoms with van der Waals surface area (Å²) < 4.78 is 15.5. The molecule has 2 aromatic carbocycles. The van der Waals surface area contributed by atoms with Gasteiger partial charge in [0.2, 0.25) is 11.9 Å². The van der Waals surface area contributed by atoms with E-state index in [4.69, 9.17) is 22.4 Å². The SMILES string of the molecule is CCN1C(=O)C[C@@](C)(c2cccc(Nc3cc(Cl)ccc3N)c2F)N/C1=N\C(=O)O. The van der Waals surface area contributed by atoms with Crippen LogP contribution < -0.4 is 16.4 Å². The molecule has 0 radical (unpaired) electrons. The van der Waals surface area contributed by atoms with Crippen LogP contribution in [0.1, 0.15) is 25.8 Å². The normalized spacial score (nSPS) is 20.2. The molecule has 2 aromatic rings. The Kier molecular flexibility index (Phi) is 5.84. The van der Waals surface area contributed by atoms with E-state index in [2.05, 4.69) is 15.6 Å². The second kappa shape index (κ2) is 8.19. The molecule has 1 saturated heterocycles. The molecule has 2 amide bonds. The average molecular weight is 434 g/mol. The van der Waals surface area contributed by atoms with Crippen molar-refractivity contribution >= 4 is 46.6 Å². The van der Waals surface area contributed by atoms with Crippen LogP contribution in [0.25, 0.3) is 0 Å². The monoisotopic (exact) mass is 433 g/mol. The average Bonchev–Trinajstić information content (AvgIpc) is 2.65. The first-order chi connectivity index (χ1) is 14.1.